The molecular formula is C33H46N2. The summed E-state index contributed by atoms with van der Waals surface area (Å²) in [7, 11) is 0. The van der Waals surface area contributed by atoms with E-state index in [-0.39, 0.29) is 10.8 Å². The van der Waals surface area contributed by atoms with Crippen molar-refractivity contribution in [2.24, 2.45) is 17.3 Å². The van der Waals surface area contributed by atoms with Crippen LogP contribution in [-0.2, 0) is 5.41 Å². The minimum absolute atomic E-state index is 0.136. The molecule has 0 bridgehead atoms. The van der Waals surface area contributed by atoms with Gasteiger partial charge in [-0.05, 0) is 74.6 Å². The summed E-state index contributed by atoms with van der Waals surface area (Å²) in [5, 5.41) is 0. The molecule has 0 radical (unpaired) electrons. The van der Waals surface area contributed by atoms with Crippen LogP contribution in [0.3, 0.4) is 0 Å². The number of aryl methyl sites for hydroxylation is 1. The molecule has 2 heterocycles. The zero-order valence-electron chi connectivity index (χ0n) is 22.8. The van der Waals surface area contributed by atoms with Gasteiger partial charge in [-0.2, -0.15) is 0 Å². The lowest BCUT2D eigenvalue weighted by Crippen LogP contribution is -2.56. The number of anilines is 2. The fourth-order valence-electron chi connectivity index (χ4n) is 9.31. The zero-order chi connectivity index (χ0) is 24.4. The Morgan fingerprint density at radius 3 is 1.86 bits per heavy atom. The van der Waals surface area contributed by atoms with Gasteiger partial charge >= 0.3 is 0 Å². The molecule has 4 atom stereocenters. The smallest absolute Gasteiger partial charge is 0.107 e. The van der Waals surface area contributed by atoms with Crippen LogP contribution in [0.2, 0.25) is 0 Å². The lowest BCUT2D eigenvalue weighted by atomic mass is 9.55. The average molecular weight is 471 g/mol. The van der Waals surface area contributed by atoms with Crippen molar-refractivity contribution in [3.05, 3.63) is 59.7 Å². The number of para-hydroxylation sites is 2. The quantitative estimate of drug-likeness (QED) is 0.444. The third-order valence-corrected chi connectivity index (χ3v) is 10.3. The highest BCUT2D eigenvalue weighted by Crippen LogP contribution is 2.64. The predicted octanol–water partition coefficient (Wildman–Crippen LogP) is 8.47. The number of fused-ring (bicyclic) bond motifs is 3. The molecule has 0 N–H and O–H groups in total. The van der Waals surface area contributed by atoms with Gasteiger partial charge < -0.3 is 9.80 Å². The lowest BCUT2D eigenvalue weighted by Gasteiger charge is -2.50. The van der Waals surface area contributed by atoms with Gasteiger partial charge in [-0.1, -0.05) is 89.3 Å². The molecule has 188 valence electrons. The molecule has 2 heteroatoms. The lowest BCUT2D eigenvalue weighted by molar-refractivity contribution is 0.105. The normalized spacial score (nSPS) is 31.7. The molecule has 35 heavy (non-hydrogen) atoms. The van der Waals surface area contributed by atoms with Gasteiger partial charge in [-0.3, -0.25) is 0 Å². The largest absolute Gasteiger partial charge is 0.346 e. The molecule has 0 spiro atoms. The SMILES string of the molecule is Cc1ccccc1N1C(C(C)(C)C)N2c3ccccc3C(C3CCCCC3)(C3CCCC3)C2[C@@H]1C. The van der Waals surface area contributed by atoms with E-state index in [0.717, 1.165) is 11.8 Å². The van der Waals surface area contributed by atoms with E-state index in [1.165, 1.54) is 69.0 Å². The molecule has 3 unspecified atom stereocenters. The second-order valence-corrected chi connectivity index (χ2v) is 13.3. The van der Waals surface area contributed by atoms with Gasteiger partial charge in [0.25, 0.3) is 0 Å². The van der Waals surface area contributed by atoms with Crippen molar-refractivity contribution >= 4 is 11.4 Å². The second-order valence-electron chi connectivity index (χ2n) is 13.3. The standard InChI is InChI=1S/C33H46N2/c1-23-15-9-13-21-28(23)34-24(2)30-33(26-18-10-11-19-26,25-16-7-6-8-17-25)27-20-12-14-22-29(27)35(30)31(34)32(3,4)5/h9,12-15,20-22,24-26,30-31H,6-8,10-11,16-19H2,1-5H3/t24-,30?,31?,33?/m0/s1. The first-order chi connectivity index (χ1) is 16.9. The molecule has 2 aromatic carbocycles. The molecule has 2 aliphatic carbocycles. The first kappa shape index (κ1) is 23.4. The Morgan fingerprint density at radius 2 is 1.26 bits per heavy atom. The predicted molar refractivity (Wildman–Crippen MR) is 149 cm³/mol. The third kappa shape index (κ3) is 3.34. The van der Waals surface area contributed by atoms with E-state index in [0.29, 0.717) is 18.2 Å². The zero-order valence-corrected chi connectivity index (χ0v) is 22.8. The van der Waals surface area contributed by atoms with E-state index in [9.17, 15) is 0 Å². The third-order valence-electron chi connectivity index (χ3n) is 10.3. The summed E-state index contributed by atoms with van der Waals surface area (Å²) in [5.74, 6) is 1.64. The average Bonchev–Trinajstić information content (AvgIpc) is 3.55. The maximum atomic E-state index is 2.96. The van der Waals surface area contributed by atoms with E-state index >= 15 is 0 Å². The van der Waals surface area contributed by atoms with E-state index in [2.05, 4.69) is 92.9 Å². The van der Waals surface area contributed by atoms with Gasteiger partial charge in [-0.25, -0.2) is 0 Å². The Kier molecular flexibility index (Phi) is 5.73. The van der Waals surface area contributed by atoms with Gasteiger partial charge in [0.2, 0.25) is 0 Å². The first-order valence-electron chi connectivity index (χ1n) is 14.6. The maximum absolute atomic E-state index is 2.96. The van der Waals surface area contributed by atoms with E-state index < -0.39 is 0 Å². The molecule has 2 aromatic rings. The number of hydrogen-bond donors (Lipinski definition) is 0. The van der Waals surface area contributed by atoms with Crippen molar-refractivity contribution in [1.29, 1.82) is 0 Å². The van der Waals surface area contributed by atoms with Crippen LogP contribution in [0, 0.1) is 24.2 Å². The molecule has 6 rings (SSSR count). The molecular weight excluding hydrogens is 424 g/mol. The molecule has 2 nitrogen and oxygen atoms in total. The van der Waals surface area contributed by atoms with Gasteiger partial charge in [0.15, 0.2) is 0 Å². The summed E-state index contributed by atoms with van der Waals surface area (Å²) in [6, 6.07) is 19.9. The fraction of sp³-hybridized carbons (Fsp3) is 0.636. The van der Waals surface area contributed by atoms with E-state index in [1.807, 2.05) is 0 Å². The summed E-state index contributed by atoms with van der Waals surface area (Å²) < 4.78 is 0. The van der Waals surface area contributed by atoms with Gasteiger partial charge in [0.05, 0.1) is 6.04 Å². The highest BCUT2D eigenvalue weighted by molar-refractivity contribution is 5.72. The van der Waals surface area contributed by atoms with Crippen LogP contribution in [0.5, 0.6) is 0 Å². The van der Waals surface area contributed by atoms with Crippen molar-refractivity contribution < 1.29 is 0 Å². The minimum atomic E-state index is 0.136. The van der Waals surface area contributed by atoms with Crippen molar-refractivity contribution in [3.8, 4) is 0 Å². The molecule has 2 aliphatic heterocycles. The molecule has 0 aromatic heterocycles. The minimum Gasteiger partial charge on any atom is -0.346 e. The van der Waals surface area contributed by atoms with Crippen LogP contribution < -0.4 is 9.80 Å². The Bertz CT molecular complexity index is 1050. The fourth-order valence-corrected chi connectivity index (χ4v) is 9.31. The number of hydrogen-bond acceptors (Lipinski definition) is 2. The van der Waals surface area contributed by atoms with Crippen molar-refractivity contribution in [2.75, 3.05) is 9.80 Å². The summed E-state index contributed by atoms with van der Waals surface area (Å²) in [5.41, 5.74) is 6.54. The van der Waals surface area contributed by atoms with Crippen LogP contribution in [-0.4, -0.2) is 18.2 Å². The molecule has 1 saturated heterocycles. The van der Waals surface area contributed by atoms with Crippen molar-refractivity contribution in [3.63, 3.8) is 0 Å². The van der Waals surface area contributed by atoms with Gasteiger partial charge in [-0.15, -0.1) is 0 Å². The van der Waals surface area contributed by atoms with Crippen LogP contribution in [0.25, 0.3) is 0 Å². The van der Waals surface area contributed by atoms with Crippen LogP contribution >= 0.6 is 0 Å². The molecule has 2 saturated carbocycles. The van der Waals surface area contributed by atoms with Gasteiger partial charge in [0, 0.05) is 28.2 Å². The highest BCUT2D eigenvalue weighted by Gasteiger charge is 2.66. The molecule has 3 fully saturated rings. The molecule has 4 aliphatic rings. The monoisotopic (exact) mass is 470 g/mol. The Hall–Kier alpha value is -1.96. The van der Waals surface area contributed by atoms with E-state index in [1.54, 1.807) is 11.3 Å². The van der Waals surface area contributed by atoms with Crippen molar-refractivity contribution in [2.45, 2.75) is 116 Å². The van der Waals surface area contributed by atoms with Crippen LogP contribution in [0.1, 0.15) is 96.6 Å². The van der Waals surface area contributed by atoms with Crippen molar-refractivity contribution in [1.82, 2.24) is 0 Å². The number of benzene rings is 2. The van der Waals surface area contributed by atoms with E-state index in [4.69, 9.17) is 0 Å². The van der Waals surface area contributed by atoms with Crippen LogP contribution in [0.15, 0.2) is 48.5 Å². The maximum Gasteiger partial charge on any atom is 0.107 e. The topological polar surface area (TPSA) is 6.48 Å². The summed E-state index contributed by atoms with van der Waals surface area (Å²) >= 11 is 0. The summed E-state index contributed by atoms with van der Waals surface area (Å²) in [6.45, 7) is 12.3. The highest BCUT2D eigenvalue weighted by atomic mass is 15.5. The summed E-state index contributed by atoms with van der Waals surface area (Å²) in [4.78, 5) is 5.81. The Morgan fingerprint density at radius 1 is 0.714 bits per heavy atom. The van der Waals surface area contributed by atoms with Crippen LogP contribution in [0.4, 0.5) is 11.4 Å². The Balaban J connectivity index is 1.61. The number of nitrogens with zero attached hydrogens (tertiary/aromatic N) is 2. The van der Waals surface area contributed by atoms with Gasteiger partial charge in [0.1, 0.15) is 6.17 Å². The second kappa shape index (κ2) is 8.56. The molecule has 0 amide bonds. The summed E-state index contributed by atoms with van der Waals surface area (Å²) in [6.07, 6.45) is 13.2. The number of rotatable bonds is 3. The Labute approximate surface area is 214 Å². The first-order valence-corrected chi connectivity index (χ1v) is 14.6.